The lowest BCUT2D eigenvalue weighted by molar-refractivity contribution is 0.131. The van der Waals surface area contributed by atoms with Gasteiger partial charge in [-0.15, -0.1) is 12.4 Å². The monoisotopic (exact) mass is 297 g/mol. The highest BCUT2D eigenvalue weighted by Gasteiger charge is 2.22. The fourth-order valence-corrected chi connectivity index (χ4v) is 2.88. The van der Waals surface area contributed by atoms with E-state index < -0.39 is 0 Å². The van der Waals surface area contributed by atoms with Crippen LogP contribution in [0.2, 0.25) is 0 Å². The van der Waals surface area contributed by atoms with Crippen molar-refractivity contribution in [2.75, 3.05) is 0 Å². The van der Waals surface area contributed by atoms with E-state index in [0.717, 1.165) is 5.75 Å². The normalized spacial score (nSPS) is 18.2. The molecule has 2 nitrogen and oxygen atoms in total. The highest BCUT2D eigenvalue weighted by Crippen LogP contribution is 2.33. The average Bonchev–Trinajstić information content (AvgIpc) is 2.38. The van der Waals surface area contributed by atoms with Crippen LogP contribution in [0.3, 0.4) is 0 Å². The molecule has 0 bridgehead atoms. The van der Waals surface area contributed by atoms with Crippen LogP contribution < -0.4 is 10.5 Å². The molecule has 0 spiro atoms. The first-order valence-electron chi connectivity index (χ1n) is 7.50. The SMILES string of the molecule is CC(C)(C)Oc1ccc([C@@H](N)C2CCCCC2)cc1.Cl. The Morgan fingerprint density at radius 1 is 1.05 bits per heavy atom. The van der Waals surface area contributed by atoms with Gasteiger partial charge >= 0.3 is 0 Å². The summed E-state index contributed by atoms with van der Waals surface area (Å²) in [6.07, 6.45) is 6.61. The van der Waals surface area contributed by atoms with Crippen LogP contribution in [0.25, 0.3) is 0 Å². The number of benzene rings is 1. The van der Waals surface area contributed by atoms with Crippen LogP contribution in [-0.4, -0.2) is 5.60 Å². The molecule has 1 fully saturated rings. The van der Waals surface area contributed by atoms with Crippen LogP contribution >= 0.6 is 12.4 Å². The maximum absolute atomic E-state index is 6.41. The average molecular weight is 298 g/mol. The van der Waals surface area contributed by atoms with Crippen molar-refractivity contribution in [2.45, 2.75) is 64.5 Å². The molecule has 1 aliphatic carbocycles. The molecule has 1 aromatic carbocycles. The summed E-state index contributed by atoms with van der Waals surface area (Å²) in [5.41, 5.74) is 7.50. The predicted octanol–water partition coefficient (Wildman–Crippen LogP) is 4.87. The minimum absolute atomic E-state index is 0. The molecule has 1 aromatic rings. The molecule has 114 valence electrons. The molecule has 1 atom stereocenters. The van der Waals surface area contributed by atoms with E-state index >= 15 is 0 Å². The largest absolute Gasteiger partial charge is 0.488 e. The Morgan fingerprint density at radius 2 is 1.60 bits per heavy atom. The van der Waals surface area contributed by atoms with Crippen LogP contribution in [0.1, 0.15) is 64.5 Å². The fraction of sp³-hybridized carbons (Fsp3) is 0.647. The molecule has 0 aromatic heterocycles. The fourth-order valence-electron chi connectivity index (χ4n) is 2.88. The van der Waals surface area contributed by atoms with E-state index in [1.165, 1.54) is 37.7 Å². The molecule has 0 aliphatic heterocycles. The van der Waals surface area contributed by atoms with Crippen LogP contribution in [0, 0.1) is 5.92 Å². The second-order valence-corrected chi connectivity index (χ2v) is 6.71. The second-order valence-electron chi connectivity index (χ2n) is 6.71. The zero-order valence-electron chi connectivity index (χ0n) is 12.9. The van der Waals surface area contributed by atoms with Gasteiger partial charge in [0.15, 0.2) is 0 Å². The van der Waals surface area contributed by atoms with Gasteiger partial charge < -0.3 is 10.5 Å². The molecule has 1 saturated carbocycles. The third-order valence-electron chi connectivity index (χ3n) is 3.85. The topological polar surface area (TPSA) is 35.2 Å². The van der Waals surface area contributed by atoms with E-state index in [0.29, 0.717) is 5.92 Å². The van der Waals surface area contributed by atoms with E-state index in [-0.39, 0.29) is 24.0 Å². The van der Waals surface area contributed by atoms with Gasteiger partial charge in [0, 0.05) is 6.04 Å². The van der Waals surface area contributed by atoms with Crippen molar-refractivity contribution >= 4 is 12.4 Å². The molecule has 20 heavy (non-hydrogen) atoms. The molecular weight excluding hydrogens is 270 g/mol. The third kappa shape index (κ3) is 4.99. The van der Waals surface area contributed by atoms with Crippen LogP contribution in [0.4, 0.5) is 0 Å². The first kappa shape index (κ1) is 17.3. The Balaban J connectivity index is 0.00000200. The smallest absolute Gasteiger partial charge is 0.120 e. The van der Waals surface area contributed by atoms with Gasteiger partial charge in [-0.05, 0) is 57.2 Å². The van der Waals surface area contributed by atoms with Crippen molar-refractivity contribution < 1.29 is 4.74 Å². The number of rotatable bonds is 3. The summed E-state index contributed by atoms with van der Waals surface area (Å²) in [4.78, 5) is 0. The number of hydrogen-bond acceptors (Lipinski definition) is 2. The Hall–Kier alpha value is -0.730. The second kappa shape index (κ2) is 7.33. The van der Waals surface area contributed by atoms with Gasteiger partial charge in [0.2, 0.25) is 0 Å². The standard InChI is InChI=1S/C17H27NO.ClH/c1-17(2,3)19-15-11-9-14(10-12-15)16(18)13-7-5-4-6-8-13;/h9-13,16H,4-8,18H2,1-3H3;1H/t16-;/m0./s1. The van der Waals surface area contributed by atoms with Crippen molar-refractivity contribution in [1.82, 2.24) is 0 Å². The summed E-state index contributed by atoms with van der Waals surface area (Å²) < 4.78 is 5.84. The number of halogens is 1. The summed E-state index contributed by atoms with van der Waals surface area (Å²) in [5, 5.41) is 0. The first-order valence-corrected chi connectivity index (χ1v) is 7.50. The van der Waals surface area contributed by atoms with Gasteiger partial charge in [0.05, 0.1) is 0 Å². The van der Waals surface area contributed by atoms with E-state index in [1.54, 1.807) is 0 Å². The summed E-state index contributed by atoms with van der Waals surface area (Å²) in [6.45, 7) is 6.19. The van der Waals surface area contributed by atoms with Crippen molar-refractivity contribution in [1.29, 1.82) is 0 Å². The maximum atomic E-state index is 6.41. The zero-order chi connectivity index (χ0) is 13.9. The summed E-state index contributed by atoms with van der Waals surface area (Å²) in [5.74, 6) is 1.58. The molecule has 0 amide bonds. The van der Waals surface area contributed by atoms with Gasteiger partial charge in [0.25, 0.3) is 0 Å². The van der Waals surface area contributed by atoms with E-state index in [1.807, 2.05) is 12.1 Å². The Kier molecular flexibility index (Phi) is 6.35. The Bertz CT molecular complexity index is 390. The molecule has 3 heteroatoms. The molecule has 2 N–H and O–H groups in total. The molecular formula is C17H28ClNO. The molecule has 2 rings (SSSR count). The van der Waals surface area contributed by atoms with E-state index in [9.17, 15) is 0 Å². The van der Waals surface area contributed by atoms with Crippen molar-refractivity contribution in [3.05, 3.63) is 29.8 Å². The van der Waals surface area contributed by atoms with Crippen LogP contribution in [0.15, 0.2) is 24.3 Å². The van der Waals surface area contributed by atoms with Crippen molar-refractivity contribution in [3.63, 3.8) is 0 Å². The Labute approximate surface area is 129 Å². The summed E-state index contributed by atoms with van der Waals surface area (Å²) in [6, 6.07) is 8.52. The summed E-state index contributed by atoms with van der Waals surface area (Å²) >= 11 is 0. The molecule has 1 aliphatic rings. The highest BCUT2D eigenvalue weighted by atomic mass is 35.5. The van der Waals surface area contributed by atoms with Gasteiger partial charge in [0.1, 0.15) is 11.4 Å². The highest BCUT2D eigenvalue weighted by molar-refractivity contribution is 5.85. The minimum atomic E-state index is -0.146. The Morgan fingerprint density at radius 3 is 2.10 bits per heavy atom. The van der Waals surface area contributed by atoms with Gasteiger partial charge in [-0.2, -0.15) is 0 Å². The lowest BCUT2D eigenvalue weighted by atomic mass is 9.81. The maximum Gasteiger partial charge on any atom is 0.120 e. The molecule has 0 unspecified atom stereocenters. The number of nitrogens with two attached hydrogens (primary N) is 1. The van der Waals surface area contributed by atoms with Gasteiger partial charge in [-0.1, -0.05) is 31.4 Å². The van der Waals surface area contributed by atoms with Crippen molar-refractivity contribution in [3.8, 4) is 5.75 Å². The quantitative estimate of drug-likeness (QED) is 0.864. The molecule has 0 saturated heterocycles. The third-order valence-corrected chi connectivity index (χ3v) is 3.85. The summed E-state index contributed by atoms with van der Waals surface area (Å²) in [7, 11) is 0. The number of ether oxygens (including phenoxy) is 1. The van der Waals surface area contributed by atoms with Gasteiger partial charge in [-0.25, -0.2) is 0 Å². The van der Waals surface area contributed by atoms with Crippen LogP contribution in [-0.2, 0) is 0 Å². The lowest BCUT2D eigenvalue weighted by Gasteiger charge is -2.28. The molecule has 0 radical (unpaired) electrons. The molecule has 0 heterocycles. The zero-order valence-corrected chi connectivity index (χ0v) is 13.7. The minimum Gasteiger partial charge on any atom is -0.488 e. The number of hydrogen-bond donors (Lipinski definition) is 1. The van der Waals surface area contributed by atoms with Crippen molar-refractivity contribution in [2.24, 2.45) is 11.7 Å². The van der Waals surface area contributed by atoms with Gasteiger partial charge in [-0.3, -0.25) is 0 Å². The van der Waals surface area contributed by atoms with E-state index in [4.69, 9.17) is 10.5 Å². The lowest BCUT2D eigenvalue weighted by Crippen LogP contribution is -2.24. The predicted molar refractivity (Wildman–Crippen MR) is 87.6 cm³/mol. The first-order chi connectivity index (χ1) is 8.96. The van der Waals surface area contributed by atoms with Crippen LogP contribution in [0.5, 0.6) is 5.75 Å². The van der Waals surface area contributed by atoms with E-state index in [2.05, 4.69) is 32.9 Å².